The van der Waals surface area contributed by atoms with Crippen molar-refractivity contribution in [3.63, 3.8) is 0 Å². The van der Waals surface area contributed by atoms with Gasteiger partial charge in [-0.3, -0.25) is 9.59 Å². The van der Waals surface area contributed by atoms with Crippen LogP contribution in [0.1, 0.15) is 37.1 Å². The zero-order valence-corrected chi connectivity index (χ0v) is 14.2. The summed E-state index contributed by atoms with van der Waals surface area (Å²) in [6.45, 7) is 2.69. The van der Waals surface area contributed by atoms with Crippen molar-refractivity contribution < 1.29 is 14.0 Å². The molecule has 1 aliphatic rings. The Bertz CT molecular complexity index is 739. The number of amides is 2. The van der Waals surface area contributed by atoms with Gasteiger partial charge >= 0.3 is 0 Å². The third kappa shape index (κ3) is 4.65. The van der Waals surface area contributed by atoms with Gasteiger partial charge in [0.05, 0.1) is 0 Å². The zero-order valence-electron chi connectivity index (χ0n) is 14.2. The summed E-state index contributed by atoms with van der Waals surface area (Å²) in [5.41, 5.74) is 2.01. The normalized spacial score (nSPS) is 17.6. The van der Waals surface area contributed by atoms with Crippen molar-refractivity contribution in [1.29, 1.82) is 0 Å². The largest absolute Gasteiger partial charge is 0.421 e. The lowest BCUT2D eigenvalue weighted by atomic mass is 10.1. The summed E-state index contributed by atoms with van der Waals surface area (Å²) < 4.78 is 5.61. The first-order valence-corrected chi connectivity index (χ1v) is 8.58. The van der Waals surface area contributed by atoms with Crippen LogP contribution in [0.25, 0.3) is 11.5 Å². The molecule has 2 aromatic rings. The van der Waals surface area contributed by atoms with Crippen molar-refractivity contribution in [1.82, 2.24) is 20.8 Å². The van der Waals surface area contributed by atoms with Crippen LogP contribution in [0.5, 0.6) is 0 Å². The molecular weight excluding hydrogens is 320 g/mol. The molecule has 2 amide bonds. The minimum absolute atomic E-state index is 0.106. The Morgan fingerprint density at radius 2 is 2.08 bits per heavy atom. The molecule has 25 heavy (non-hydrogen) atoms. The van der Waals surface area contributed by atoms with Crippen molar-refractivity contribution in [2.75, 3.05) is 6.54 Å². The van der Waals surface area contributed by atoms with Crippen LogP contribution < -0.4 is 10.6 Å². The SMILES string of the molecule is Cc1ccc(-c2nnc(CCC(=O)NC3CCCCNC3=O)o2)cc1. The Hall–Kier alpha value is -2.70. The fourth-order valence-corrected chi connectivity index (χ4v) is 2.73. The first kappa shape index (κ1) is 17.1. The molecule has 0 radical (unpaired) electrons. The lowest BCUT2D eigenvalue weighted by Crippen LogP contribution is -2.45. The molecule has 1 fully saturated rings. The van der Waals surface area contributed by atoms with E-state index in [2.05, 4.69) is 20.8 Å². The average Bonchev–Trinajstić information content (AvgIpc) is 2.99. The summed E-state index contributed by atoms with van der Waals surface area (Å²) in [6.07, 6.45) is 3.10. The highest BCUT2D eigenvalue weighted by atomic mass is 16.4. The maximum atomic E-state index is 12.1. The Balaban J connectivity index is 1.52. The number of benzene rings is 1. The highest BCUT2D eigenvalue weighted by Gasteiger charge is 2.22. The minimum Gasteiger partial charge on any atom is -0.421 e. The van der Waals surface area contributed by atoms with E-state index in [1.54, 1.807) is 0 Å². The van der Waals surface area contributed by atoms with Gasteiger partial charge in [0.25, 0.3) is 0 Å². The first-order valence-electron chi connectivity index (χ1n) is 8.58. The van der Waals surface area contributed by atoms with Gasteiger partial charge < -0.3 is 15.1 Å². The Labute approximate surface area is 146 Å². The van der Waals surface area contributed by atoms with Crippen molar-refractivity contribution in [2.45, 2.75) is 45.1 Å². The number of carbonyl (C=O) groups excluding carboxylic acids is 2. The second-order valence-electron chi connectivity index (χ2n) is 6.27. The summed E-state index contributed by atoms with van der Waals surface area (Å²) >= 11 is 0. The lowest BCUT2D eigenvalue weighted by molar-refractivity contribution is -0.128. The molecule has 7 nitrogen and oxygen atoms in total. The average molecular weight is 342 g/mol. The third-order valence-corrected chi connectivity index (χ3v) is 4.20. The first-order chi connectivity index (χ1) is 12.1. The van der Waals surface area contributed by atoms with Gasteiger partial charge in [0.2, 0.25) is 23.6 Å². The molecule has 0 aliphatic carbocycles. The molecule has 0 spiro atoms. The standard InChI is InChI=1S/C18H22N4O3/c1-12-5-7-13(8-6-12)18-22-21-16(25-18)10-9-15(23)20-14-4-2-3-11-19-17(14)24/h5-8,14H,2-4,9-11H2,1H3,(H,19,24)(H,20,23). The van der Waals surface area contributed by atoms with Gasteiger partial charge in [-0.25, -0.2) is 0 Å². The molecule has 132 valence electrons. The van der Waals surface area contributed by atoms with Crippen molar-refractivity contribution in [3.8, 4) is 11.5 Å². The topological polar surface area (TPSA) is 97.1 Å². The van der Waals surface area contributed by atoms with Crippen LogP contribution in [0.4, 0.5) is 0 Å². The monoisotopic (exact) mass is 342 g/mol. The van der Waals surface area contributed by atoms with Gasteiger partial charge in [-0.15, -0.1) is 10.2 Å². The quantitative estimate of drug-likeness (QED) is 0.863. The minimum atomic E-state index is -0.444. The molecule has 0 bridgehead atoms. The summed E-state index contributed by atoms with van der Waals surface area (Å²) in [5.74, 6) is 0.567. The van der Waals surface area contributed by atoms with E-state index < -0.39 is 6.04 Å². The number of aryl methyl sites for hydroxylation is 2. The van der Waals surface area contributed by atoms with E-state index in [0.717, 1.165) is 24.0 Å². The van der Waals surface area contributed by atoms with Gasteiger partial charge in [-0.1, -0.05) is 17.7 Å². The van der Waals surface area contributed by atoms with Crippen molar-refractivity contribution >= 4 is 11.8 Å². The van der Waals surface area contributed by atoms with Crippen LogP contribution in [-0.4, -0.2) is 34.6 Å². The molecule has 2 N–H and O–H groups in total. The fourth-order valence-electron chi connectivity index (χ4n) is 2.73. The zero-order chi connectivity index (χ0) is 17.6. The Morgan fingerprint density at radius 1 is 1.28 bits per heavy atom. The predicted octanol–water partition coefficient (Wildman–Crippen LogP) is 1.76. The number of hydrogen-bond acceptors (Lipinski definition) is 5. The molecule has 1 unspecified atom stereocenters. The number of carbonyl (C=O) groups is 2. The molecule has 1 saturated heterocycles. The van der Waals surface area contributed by atoms with Gasteiger partial charge in [0.15, 0.2) is 0 Å². The maximum absolute atomic E-state index is 12.1. The molecule has 7 heteroatoms. The number of aromatic nitrogens is 2. The van der Waals surface area contributed by atoms with Crippen molar-refractivity contribution in [3.05, 3.63) is 35.7 Å². The van der Waals surface area contributed by atoms with Crippen LogP contribution in [0, 0.1) is 6.92 Å². The summed E-state index contributed by atoms with van der Waals surface area (Å²) in [5, 5.41) is 13.6. The van der Waals surface area contributed by atoms with Gasteiger partial charge in [-0.2, -0.15) is 0 Å². The van der Waals surface area contributed by atoms with E-state index in [1.165, 1.54) is 0 Å². The van der Waals surface area contributed by atoms with Crippen LogP contribution in [-0.2, 0) is 16.0 Å². The molecule has 0 saturated carbocycles. The summed E-state index contributed by atoms with van der Waals surface area (Å²) in [6, 6.07) is 7.35. The highest BCUT2D eigenvalue weighted by Crippen LogP contribution is 2.18. The van der Waals surface area contributed by atoms with E-state index in [4.69, 9.17) is 4.42 Å². The van der Waals surface area contributed by atoms with Crippen LogP contribution in [0.2, 0.25) is 0 Å². The van der Waals surface area contributed by atoms with E-state index in [-0.39, 0.29) is 18.2 Å². The molecule has 1 aromatic carbocycles. The molecule has 3 rings (SSSR count). The summed E-state index contributed by atoms with van der Waals surface area (Å²) in [4.78, 5) is 23.9. The molecule has 1 atom stereocenters. The highest BCUT2D eigenvalue weighted by molar-refractivity contribution is 5.87. The number of rotatable bonds is 5. The van der Waals surface area contributed by atoms with Crippen LogP contribution in [0.3, 0.4) is 0 Å². The second-order valence-corrected chi connectivity index (χ2v) is 6.27. The molecule has 1 aliphatic heterocycles. The molecule has 1 aromatic heterocycles. The third-order valence-electron chi connectivity index (χ3n) is 4.20. The van der Waals surface area contributed by atoms with E-state index >= 15 is 0 Å². The smallest absolute Gasteiger partial charge is 0.247 e. The molecule has 2 heterocycles. The van der Waals surface area contributed by atoms with E-state index in [9.17, 15) is 9.59 Å². The van der Waals surface area contributed by atoms with E-state index in [1.807, 2.05) is 31.2 Å². The Morgan fingerprint density at radius 3 is 2.88 bits per heavy atom. The van der Waals surface area contributed by atoms with Crippen LogP contribution in [0.15, 0.2) is 28.7 Å². The Kier molecular flexibility index (Phi) is 5.42. The van der Waals surface area contributed by atoms with Gasteiger partial charge in [0.1, 0.15) is 6.04 Å². The summed E-state index contributed by atoms with van der Waals surface area (Å²) in [7, 11) is 0. The molecular formula is C18H22N4O3. The lowest BCUT2D eigenvalue weighted by Gasteiger charge is -2.14. The number of nitrogens with one attached hydrogen (secondary N) is 2. The maximum Gasteiger partial charge on any atom is 0.247 e. The fraction of sp³-hybridized carbons (Fsp3) is 0.444. The number of hydrogen-bond donors (Lipinski definition) is 2. The van der Waals surface area contributed by atoms with Gasteiger partial charge in [0, 0.05) is 24.9 Å². The van der Waals surface area contributed by atoms with Crippen molar-refractivity contribution in [2.24, 2.45) is 0 Å². The van der Waals surface area contributed by atoms with Crippen LogP contribution >= 0.6 is 0 Å². The van der Waals surface area contributed by atoms with Gasteiger partial charge in [-0.05, 0) is 38.3 Å². The predicted molar refractivity (Wildman–Crippen MR) is 91.6 cm³/mol. The van der Waals surface area contributed by atoms with E-state index in [0.29, 0.717) is 31.2 Å². The second kappa shape index (κ2) is 7.92. The number of nitrogens with zero attached hydrogens (tertiary/aromatic N) is 2.